The van der Waals surface area contributed by atoms with Gasteiger partial charge in [0.1, 0.15) is 14.9 Å². The van der Waals surface area contributed by atoms with Gasteiger partial charge in [-0.1, -0.05) is 23.2 Å². The van der Waals surface area contributed by atoms with E-state index in [1.54, 1.807) is 20.9 Å². The molecule has 9 nitrogen and oxygen atoms in total. The number of sulfone groups is 1. The number of fused-ring (bicyclic) bond motifs is 1. The van der Waals surface area contributed by atoms with E-state index in [-0.39, 0.29) is 45.4 Å². The molecule has 2 aromatic heterocycles. The Hall–Kier alpha value is -2.77. The third kappa shape index (κ3) is 7.62. The molecule has 2 heterocycles. The van der Waals surface area contributed by atoms with Crippen LogP contribution < -0.4 is 14.8 Å². The van der Waals surface area contributed by atoms with Crippen LogP contribution >= 0.6 is 23.2 Å². The van der Waals surface area contributed by atoms with Crippen molar-refractivity contribution in [1.82, 2.24) is 19.9 Å². The zero-order chi connectivity index (χ0) is 27.8. The molecule has 15 heteroatoms. The molecule has 37 heavy (non-hydrogen) atoms. The minimum absolute atomic E-state index is 0.000276. The first kappa shape index (κ1) is 28.8. The van der Waals surface area contributed by atoms with Gasteiger partial charge in [-0.3, -0.25) is 4.79 Å². The number of pyridine rings is 1. The van der Waals surface area contributed by atoms with Gasteiger partial charge in [0, 0.05) is 31.1 Å². The second-order valence-corrected chi connectivity index (χ2v) is 12.0. The number of ether oxygens (including phenoxy) is 2. The number of nitrogens with zero attached hydrogens (tertiary/aromatic N) is 3. The highest BCUT2D eigenvalue weighted by Gasteiger charge is 2.30. The van der Waals surface area contributed by atoms with Crippen LogP contribution in [0.3, 0.4) is 0 Å². The van der Waals surface area contributed by atoms with Crippen molar-refractivity contribution in [2.24, 2.45) is 7.05 Å². The first-order valence-corrected chi connectivity index (χ1v) is 13.5. The van der Waals surface area contributed by atoms with Crippen LogP contribution in [0, 0.1) is 0 Å². The lowest BCUT2D eigenvalue weighted by Gasteiger charge is -2.25. The van der Waals surface area contributed by atoms with Crippen molar-refractivity contribution in [2.45, 2.75) is 32.0 Å². The SMILES string of the molecule is Cn1c(C(=O)NC(C)(C)CCS(C)(=O)=O)nc2ccc(Oc3ncc(Cl)cc3OCC(F)(F)F)c(Cl)c21. The van der Waals surface area contributed by atoms with E-state index < -0.39 is 34.1 Å². The van der Waals surface area contributed by atoms with Gasteiger partial charge >= 0.3 is 6.18 Å². The van der Waals surface area contributed by atoms with Gasteiger partial charge in [0.15, 0.2) is 23.9 Å². The first-order chi connectivity index (χ1) is 17.0. The molecule has 0 aliphatic rings. The van der Waals surface area contributed by atoms with Gasteiger partial charge in [-0.15, -0.1) is 0 Å². The Kier molecular flexibility index (Phi) is 8.20. The molecule has 0 spiro atoms. The molecule has 0 unspecified atom stereocenters. The third-order valence-electron chi connectivity index (χ3n) is 5.07. The summed E-state index contributed by atoms with van der Waals surface area (Å²) in [5, 5.41) is 2.82. The van der Waals surface area contributed by atoms with Crippen LogP contribution in [0.2, 0.25) is 10.0 Å². The molecule has 0 bridgehead atoms. The summed E-state index contributed by atoms with van der Waals surface area (Å²) >= 11 is 12.4. The number of aryl methyl sites for hydroxylation is 1. The molecule has 0 fully saturated rings. The van der Waals surface area contributed by atoms with Crippen LogP contribution in [0.15, 0.2) is 24.4 Å². The maximum Gasteiger partial charge on any atom is 0.422 e. The minimum Gasteiger partial charge on any atom is -0.478 e. The van der Waals surface area contributed by atoms with Gasteiger partial charge in [0.05, 0.1) is 21.8 Å². The molecule has 0 saturated carbocycles. The summed E-state index contributed by atoms with van der Waals surface area (Å²) in [7, 11) is -1.68. The smallest absolute Gasteiger partial charge is 0.422 e. The first-order valence-electron chi connectivity index (χ1n) is 10.6. The molecule has 3 rings (SSSR count). The molecule has 0 saturated heterocycles. The predicted molar refractivity (Wildman–Crippen MR) is 132 cm³/mol. The molecule has 3 aromatic rings. The number of benzene rings is 1. The lowest BCUT2D eigenvalue weighted by Crippen LogP contribution is -2.45. The molecule has 1 amide bonds. The van der Waals surface area contributed by atoms with Gasteiger partial charge in [0.25, 0.3) is 11.8 Å². The highest BCUT2D eigenvalue weighted by Crippen LogP contribution is 2.39. The van der Waals surface area contributed by atoms with Crippen molar-refractivity contribution in [3.8, 4) is 17.4 Å². The van der Waals surface area contributed by atoms with Crippen LogP contribution in [0.4, 0.5) is 13.2 Å². The second kappa shape index (κ2) is 10.5. The van der Waals surface area contributed by atoms with E-state index in [2.05, 4.69) is 15.3 Å². The largest absolute Gasteiger partial charge is 0.478 e. The number of amides is 1. The van der Waals surface area contributed by atoms with Crippen LogP contribution in [-0.4, -0.2) is 59.2 Å². The molecule has 0 radical (unpaired) electrons. The Morgan fingerprint density at radius 1 is 1.19 bits per heavy atom. The minimum atomic E-state index is -4.60. The number of carbonyl (C=O) groups is 1. The van der Waals surface area contributed by atoms with E-state index in [0.717, 1.165) is 12.3 Å². The summed E-state index contributed by atoms with van der Waals surface area (Å²) in [6.07, 6.45) is -2.13. The molecule has 1 aromatic carbocycles. The van der Waals surface area contributed by atoms with E-state index in [1.165, 1.54) is 22.9 Å². The molecule has 1 N–H and O–H groups in total. The zero-order valence-corrected chi connectivity index (χ0v) is 22.4. The number of alkyl halides is 3. The summed E-state index contributed by atoms with van der Waals surface area (Å²) in [5.74, 6) is -1.30. The normalized spacial score (nSPS) is 12.6. The second-order valence-electron chi connectivity index (χ2n) is 8.92. The van der Waals surface area contributed by atoms with Crippen molar-refractivity contribution in [3.63, 3.8) is 0 Å². The average Bonchev–Trinajstić information content (AvgIpc) is 3.10. The molecule has 0 aliphatic heterocycles. The van der Waals surface area contributed by atoms with Gasteiger partial charge in [-0.25, -0.2) is 18.4 Å². The number of hydrogen-bond acceptors (Lipinski definition) is 7. The Labute approximate surface area is 220 Å². The highest BCUT2D eigenvalue weighted by molar-refractivity contribution is 7.90. The standard InChI is InChI=1S/C22H23Cl2F3N4O5S/c1-21(2,7-8-37(4,33)34)30-19(32)18-29-13-5-6-14(16(24)17(13)31(18)3)36-20-15(9-12(23)10-28-20)35-11-22(25,26)27/h5-6,9-10H,7-8,11H2,1-4H3,(H,30,32). The Morgan fingerprint density at radius 3 is 2.49 bits per heavy atom. The summed E-state index contributed by atoms with van der Waals surface area (Å²) < 4.78 is 72.8. The maximum absolute atomic E-state index is 12.9. The lowest BCUT2D eigenvalue weighted by molar-refractivity contribution is -0.153. The molecule has 202 valence electrons. The Balaban J connectivity index is 1.89. The topological polar surface area (TPSA) is 112 Å². The van der Waals surface area contributed by atoms with E-state index in [9.17, 15) is 26.4 Å². The Bertz CT molecular complexity index is 1440. The summed E-state index contributed by atoms with van der Waals surface area (Å²) in [6, 6.07) is 4.05. The number of hydrogen-bond donors (Lipinski definition) is 1. The number of nitrogens with one attached hydrogen (secondary N) is 1. The van der Waals surface area contributed by atoms with Crippen molar-refractivity contribution in [3.05, 3.63) is 40.3 Å². The zero-order valence-electron chi connectivity index (χ0n) is 20.1. The van der Waals surface area contributed by atoms with E-state index in [0.29, 0.717) is 11.0 Å². The van der Waals surface area contributed by atoms with Crippen LogP contribution in [-0.2, 0) is 16.9 Å². The fourth-order valence-corrected chi connectivity index (χ4v) is 4.59. The quantitative estimate of drug-likeness (QED) is 0.379. The van der Waals surface area contributed by atoms with Crippen LogP contribution in [0.25, 0.3) is 11.0 Å². The van der Waals surface area contributed by atoms with Crippen molar-refractivity contribution in [1.29, 1.82) is 0 Å². The summed E-state index contributed by atoms with van der Waals surface area (Å²) in [4.78, 5) is 21.1. The van der Waals surface area contributed by atoms with Gasteiger partial charge in [-0.2, -0.15) is 13.2 Å². The van der Waals surface area contributed by atoms with Crippen molar-refractivity contribution in [2.75, 3.05) is 18.6 Å². The monoisotopic (exact) mass is 582 g/mol. The summed E-state index contributed by atoms with van der Waals surface area (Å²) in [5.41, 5.74) is -0.190. The predicted octanol–water partition coefficient (Wildman–Crippen LogP) is 4.95. The fraction of sp³-hybridized carbons (Fsp3) is 0.409. The number of rotatable bonds is 9. The Morgan fingerprint density at radius 2 is 1.86 bits per heavy atom. The fourth-order valence-electron chi connectivity index (χ4n) is 3.24. The van der Waals surface area contributed by atoms with Crippen LogP contribution in [0.5, 0.6) is 17.4 Å². The molecule has 0 aliphatic carbocycles. The molecule has 0 atom stereocenters. The number of imidazole rings is 1. The van der Waals surface area contributed by atoms with Crippen molar-refractivity contribution < 1.29 is 35.9 Å². The number of aromatic nitrogens is 3. The van der Waals surface area contributed by atoms with E-state index in [1.807, 2.05) is 0 Å². The molecular formula is C22H23Cl2F3N4O5S. The summed E-state index contributed by atoms with van der Waals surface area (Å²) in [6.45, 7) is 1.79. The molecular weight excluding hydrogens is 560 g/mol. The lowest BCUT2D eigenvalue weighted by atomic mass is 10.0. The van der Waals surface area contributed by atoms with Gasteiger partial charge in [0.2, 0.25) is 0 Å². The number of halogens is 5. The number of carbonyl (C=O) groups excluding carboxylic acids is 1. The van der Waals surface area contributed by atoms with Gasteiger partial charge in [-0.05, 0) is 32.4 Å². The van der Waals surface area contributed by atoms with E-state index >= 15 is 0 Å². The highest BCUT2D eigenvalue weighted by atomic mass is 35.5. The average molecular weight is 583 g/mol. The van der Waals surface area contributed by atoms with Crippen molar-refractivity contribution >= 4 is 50.0 Å². The van der Waals surface area contributed by atoms with E-state index in [4.69, 9.17) is 32.7 Å². The maximum atomic E-state index is 12.9. The third-order valence-corrected chi connectivity index (χ3v) is 6.59. The van der Waals surface area contributed by atoms with Crippen LogP contribution in [0.1, 0.15) is 30.9 Å². The van der Waals surface area contributed by atoms with Gasteiger partial charge < -0.3 is 19.4 Å².